The monoisotopic (exact) mass is 434 g/mol. The van der Waals surface area contributed by atoms with Crippen LogP contribution in [0.5, 0.6) is 0 Å². The first-order chi connectivity index (χ1) is 10.6. The second-order valence-corrected chi connectivity index (χ2v) is 21.2. The molecule has 0 radical (unpaired) electrons. The summed E-state index contributed by atoms with van der Waals surface area (Å²) in [6.07, 6.45) is 8.64. The minimum absolute atomic E-state index is 0.549. The van der Waals surface area contributed by atoms with Gasteiger partial charge in [0.05, 0.1) is 0 Å². The van der Waals surface area contributed by atoms with Crippen molar-refractivity contribution in [3.05, 3.63) is 6.20 Å². The summed E-state index contributed by atoms with van der Waals surface area (Å²) in [6, 6.07) is 0. The Morgan fingerprint density at radius 2 is 1.64 bits per heavy atom. The molecule has 0 atom stereocenters. The van der Waals surface area contributed by atoms with Crippen molar-refractivity contribution in [2.24, 2.45) is 0 Å². The van der Waals surface area contributed by atoms with Gasteiger partial charge in [-0.3, -0.25) is 0 Å². The van der Waals surface area contributed by atoms with Crippen LogP contribution in [0.1, 0.15) is 59.3 Å². The van der Waals surface area contributed by atoms with Crippen LogP contribution in [0.4, 0.5) is 9.93 Å². The Kier molecular flexibility index (Phi) is 9.40. The fourth-order valence-electron chi connectivity index (χ4n) is 2.96. The number of carboxylic acid groups (broad SMARTS) is 1. The minimum atomic E-state index is -2.42. The van der Waals surface area contributed by atoms with Crippen molar-refractivity contribution in [2.75, 3.05) is 5.32 Å². The van der Waals surface area contributed by atoms with Crippen molar-refractivity contribution < 1.29 is 9.90 Å². The van der Waals surface area contributed by atoms with Crippen LogP contribution in [-0.2, 0) is 0 Å². The van der Waals surface area contributed by atoms with Gasteiger partial charge in [-0.25, -0.2) is 0 Å². The number of hydrogen-bond acceptors (Lipinski definition) is 3. The van der Waals surface area contributed by atoms with E-state index >= 15 is 0 Å². The van der Waals surface area contributed by atoms with Gasteiger partial charge in [-0.2, -0.15) is 0 Å². The predicted octanol–water partition coefficient (Wildman–Crippen LogP) is 5.29. The SMILES string of the molecule is CCC[CH2][Sn]([CH2]CCC)([CH2]CCC)[c]1cnc(NC(=O)O)s1. The molecule has 0 fully saturated rings. The first-order valence-corrected chi connectivity index (χ1v) is 16.8. The molecule has 4 nitrogen and oxygen atoms in total. The Bertz CT molecular complexity index is 429. The molecule has 22 heavy (non-hydrogen) atoms. The molecule has 2 N–H and O–H groups in total. The number of amides is 1. The van der Waals surface area contributed by atoms with E-state index in [1.165, 1.54) is 54.7 Å². The number of unbranched alkanes of at least 4 members (excludes halogenated alkanes) is 3. The van der Waals surface area contributed by atoms with Crippen LogP contribution >= 0.6 is 11.3 Å². The van der Waals surface area contributed by atoms with Gasteiger partial charge in [0.1, 0.15) is 0 Å². The van der Waals surface area contributed by atoms with E-state index < -0.39 is 24.5 Å². The summed E-state index contributed by atoms with van der Waals surface area (Å²) < 4.78 is 5.63. The maximum atomic E-state index is 10.8. The summed E-state index contributed by atoms with van der Waals surface area (Å²) in [5.41, 5.74) is 0. The standard InChI is InChI=1S/C4H3N2O2S.3C4H9.Sn/c7-4(8)6-3-5-1-2-9-3;3*1-3-4-2;/h1H,(H,5,6)(H,7,8);3*1,3-4H2,2H3;. The molecule has 0 aliphatic heterocycles. The van der Waals surface area contributed by atoms with Gasteiger partial charge in [0.25, 0.3) is 0 Å². The zero-order chi connectivity index (χ0) is 16.4. The Morgan fingerprint density at radius 3 is 2.05 bits per heavy atom. The van der Waals surface area contributed by atoms with Gasteiger partial charge < -0.3 is 0 Å². The van der Waals surface area contributed by atoms with E-state index in [9.17, 15) is 4.79 Å². The Balaban J connectivity index is 3.02. The molecule has 126 valence electrons. The second kappa shape index (κ2) is 10.5. The van der Waals surface area contributed by atoms with Crippen LogP contribution in [0, 0.1) is 0 Å². The van der Waals surface area contributed by atoms with Crippen LogP contribution < -0.4 is 8.21 Å². The quantitative estimate of drug-likeness (QED) is 0.467. The van der Waals surface area contributed by atoms with E-state index in [1.807, 2.05) is 6.20 Å². The van der Waals surface area contributed by atoms with Crippen molar-refractivity contribution in [2.45, 2.75) is 72.6 Å². The van der Waals surface area contributed by atoms with Gasteiger partial charge in [0.15, 0.2) is 0 Å². The number of hydrogen-bond donors (Lipinski definition) is 2. The van der Waals surface area contributed by atoms with Crippen molar-refractivity contribution >= 4 is 43.8 Å². The van der Waals surface area contributed by atoms with Crippen LogP contribution in [0.3, 0.4) is 0 Å². The van der Waals surface area contributed by atoms with Crippen molar-refractivity contribution in [3.8, 4) is 0 Å². The van der Waals surface area contributed by atoms with Gasteiger partial charge >= 0.3 is 143 Å². The summed E-state index contributed by atoms with van der Waals surface area (Å²) in [5, 5.41) is 11.8. The molecule has 1 rings (SSSR count). The molecule has 1 aromatic rings. The third-order valence-corrected chi connectivity index (χ3v) is 23.3. The van der Waals surface area contributed by atoms with E-state index in [4.69, 9.17) is 5.11 Å². The molecule has 0 saturated heterocycles. The molecule has 1 amide bonds. The molecule has 0 aliphatic rings. The molecule has 0 aromatic carbocycles. The second-order valence-electron chi connectivity index (χ2n) is 6.05. The molecular formula is C16H30N2O2SSn. The van der Waals surface area contributed by atoms with Gasteiger partial charge in [-0.05, 0) is 0 Å². The number of nitrogens with zero attached hydrogens (tertiary/aromatic N) is 1. The van der Waals surface area contributed by atoms with Gasteiger partial charge in [-0.15, -0.1) is 0 Å². The molecule has 1 aromatic heterocycles. The van der Waals surface area contributed by atoms with E-state index in [0.717, 1.165) is 0 Å². The average molecular weight is 433 g/mol. The molecule has 0 spiro atoms. The van der Waals surface area contributed by atoms with Crippen LogP contribution in [0.2, 0.25) is 13.3 Å². The van der Waals surface area contributed by atoms with Crippen LogP contribution in [0.25, 0.3) is 0 Å². The molecule has 6 heteroatoms. The predicted molar refractivity (Wildman–Crippen MR) is 98.3 cm³/mol. The van der Waals surface area contributed by atoms with Crippen LogP contribution in [-0.4, -0.2) is 34.6 Å². The first kappa shape index (κ1) is 19.7. The molecule has 0 bridgehead atoms. The number of thiazole rings is 1. The van der Waals surface area contributed by atoms with Gasteiger partial charge in [0, 0.05) is 0 Å². The van der Waals surface area contributed by atoms with Gasteiger partial charge in [-0.1, -0.05) is 0 Å². The normalized spacial score (nSPS) is 11.6. The van der Waals surface area contributed by atoms with Crippen LogP contribution in [0.15, 0.2) is 6.20 Å². The van der Waals surface area contributed by atoms with Crippen molar-refractivity contribution in [3.63, 3.8) is 0 Å². The third kappa shape index (κ3) is 6.07. The molecule has 0 saturated carbocycles. The fourth-order valence-corrected chi connectivity index (χ4v) is 22.5. The Hall–Kier alpha value is -0.301. The topological polar surface area (TPSA) is 62.2 Å². The number of nitrogens with one attached hydrogen (secondary N) is 1. The summed E-state index contributed by atoms with van der Waals surface area (Å²) in [5.74, 6) is 0. The van der Waals surface area contributed by atoms with Crippen molar-refractivity contribution in [1.29, 1.82) is 0 Å². The summed E-state index contributed by atoms with van der Waals surface area (Å²) in [6.45, 7) is 6.79. The Labute approximate surface area is 142 Å². The van der Waals surface area contributed by atoms with E-state index in [2.05, 4.69) is 31.1 Å². The number of aromatic nitrogens is 1. The zero-order valence-electron chi connectivity index (χ0n) is 14.2. The van der Waals surface area contributed by atoms with E-state index in [0.29, 0.717) is 5.13 Å². The number of rotatable bonds is 11. The molecule has 0 aliphatic carbocycles. The first-order valence-electron chi connectivity index (χ1n) is 8.54. The number of carbonyl (C=O) groups is 1. The summed E-state index contributed by atoms with van der Waals surface area (Å²) >= 11 is -0.813. The van der Waals surface area contributed by atoms with Gasteiger partial charge in [0.2, 0.25) is 0 Å². The number of anilines is 1. The Morgan fingerprint density at radius 1 is 1.14 bits per heavy atom. The third-order valence-electron chi connectivity index (χ3n) is 4.27. The average Bonchev–Trinajstić information content (AvgIpc) is 2.95. The summed E-state index contributed by atoms with van der Waals surface area (Å²) in [4.78, 5) is 15.1. The summed E-state index contributed by atoms with van der Waals surface area (Å²) in [7, 11) is 0. The van der Waals surface area contributed by atoms with E-state index in [-0.39, 0.29) is 0 Å². The van der Waals surface area contributed by atoms with Crippen molar-refractivity contribution in [1.82, 2.24) is 4.98 Å². The van der Waals surface area contributed by atoms with E-state index in [1.54, 1.807) is 11.3 Å². The molecule has 1 heterocycles. The fraction of sp³-hybridized carbons (Fsp3) is 0.750. The maximum absolute atomic E-state index is 10.8. The zero-order valence-corrected chi connectivity index (χ0v) is 17.8. The molecule has 0 unspecified atom stereocenters. The molecular weight excluding hydrogens is 403 g/mol.